The summed E-state index contributed by atoms with van der Waals surface area (Å²) in [5.41, 5.74) is -5.58. The molecule has 1 atom stereocenters. The first-order valence-corrected chi connectivity index (χ1v) is 4.96. The van der Waals surface area contributed by atoms with Gasteiger partial charge in [-0.15, -0.1) is 0 Å². The van der Waals surface area contributed by atoms with Crippen molar-refractivity contribution in [2.45, 2.75) is 11.1 Å². The first kappa shape index (κ1) is 10.4. The van der Waals surface area contributed by atoms with E-state index in [1.54, 1.807) is 24.3 Å². The molecule has 1 aliphatic heterocycles. The number of benzene rings is 1. The lowest BCUT2D eigenvalue weighted by Crippen LogP contribution is -2.31. The van der Waals surface area contributed by atoms with Gasteiger partial charge in [-0.2, -0.15) is 13.2 Å². The molecule has 1 aromatic rings. The highest BCUT2D eigenvalue weighted by Gasteiger charge is 2.34. The SMILES string of the molecule is FC(F)(F)SC1N=c2ccccc2=CO1. The Kier molecular flexibility index (Phi) is 2.60. The van der Waals surface area contributed by atoms with Crippen LogP contribution in [0, 0.1) is 0 Å². The van der Waals surface area contributed by atoms with Crippen LogP contribution < -0.4 is 10.6 Å². The molecule has 0 bridgehead atoms. The fraction of sp³-hybridized carbons (Fsp3) is 0.222. The van der Waals surface area contributed by atoms with E-state index in [4.69, 9.17) is 4.74 Å². The minimum Gasteiger partial charge on any atom is -0.466 e. The van der Waals surface area contributed by atoms with E-state index in [0.717, 1.165) is 0 Å². The second kappa shape index (κ2) is 3.77. The number of nitrogens with zero attached hydrogens (tertiary/aromatic N) is 1. The molecule has 0 N–H and O–H groups in total. The Bertz CT molecular complexity index is 471. The van der Waals surface area contributed by atoms with E-state index < -0.39 is 11.1 Å². The van der Waals surface area contributed by atoms with Crippen molar-refractivity contribution in [2.24, 2.45) is 4.99 Å². The van der Waals surface area contributed by atoms with Gasteiger partial charge in [0.1, 0.15) is 0 Å². The number of rotatable bonds is 1. The number of hydrogen-bond acceptors (Lipinski definition) is 3. The molecule has 0 fully saturated rings. The normalized spacial score (nSPS) is 19.5. The van der Waals surface area contributed by atoms with Crippen LogP contribution in [0.1, 0.15) is 0 Å². The zero-order valence-corrected chi connectivity index (χ0v) is 8.18. The van der Waals surface area contributed by atoms with Crippen LogP contribution in [0.5, 0.6) is 0 Å². The van der Waals surface area contributed by atoms with Crippen LogP contribution in [0.4, 0.5) is 13.2 Å². The van der Waals surface area contributed by atoms with Gasteiger partial charge in [0.25, 0.3) is 0 Å². The highest BCUT2D eigenvalue weighted by atomic mass is 32.2. The number of fused-ring (bicyclic) bond motifs is 1. The lowest BCUT2D eigenvalue weighted by Gasteiger charge is -2.15. The van der Waals surface area contributed by atoms with Gasteiger partial charge in [0, 0.05) is 17.0 Å². The summed E-state index contributed by atoms with van der Waals surface area (Å²) in [5.74, 6) is 0. The van der Waals surface area contributed by atoms with Gasteiger partial charge in [0.2, 0.25) is 5.56 Å². The van der Waals surface area contributed by atoms with Crippen LogP contribution in [0.15, 0.2) is 29.3 Å². The molecule has 0 saturated carbocycles. The van der Waals surface area contributed by atoms with E-state index in [-0.39, 0.29) is 11.8 Å². The van der Waals surface area contributed by atoms with Crippen LogP contribution in [0.3, 0.4) is 0 Å². The molecule has 1 aromatic carbocycles. The maximum absolute atomic E-state index is 12.0. The van der Waals surface area contributed by atoms with Gasteiger partial charge in [-0.05, 0) is 12.1 Å². The molecule has 0 amide bonds. The van der Waals surface area contributed by atoms with Crippen molar-refractivity contribution < 1.29 is 17.9 Å². The zero-order valence-electron chi connectivity index (χ0n) is 7.36. The molecule has 1 unspecified atom stereocenters. The Labute approximate surface area is 87.5 Å². The van der Waals surface area contributed by atoms with E-state index in [2.05, 4.69) is 4.99 Å². The predicted octanol–water partition coefficient (Wildman–Crippen LogP) is 1.61. The van der Waals surface area contributed by atoms with E-state index in [1.807, 2.05) is 0 Å². The van der Waals surface area contributed by atoms with E-state index in [1.165, 1.54) is 6.26 Å². The Balaban J connectivity index is 2.27. The van der Waals surface area contributed by atoms with Crippen LogP contribution in [-0.4, -0.2) is 11.1 Å². The average Bonchev–Trinajstić information content (AvgIpc) is 2.15. The van der Waals surface area contributed by atoms with Gasteiger partial charge >= 0.3 is 5.51 Å². The predicted molar refractivity (Wildman–Crippen MR) is 50.2 cm³/mol. The van der Waals surface area contributed by atoms with Gasteiger partial charge in [0.15, 0.2) is 0 Å². The number of hydrogen-bond donors (Lipinski definition) is 0. The number of halogens is 3. The van der Waals surface area contributed by atoms with Crippen LogP contribution in [0.25, 0.3) is 6.26 Å². The molecular weight excluding hydrogens is 227 g/mol. The second-order valence-electron chi connectivity index (χ2n) is 2.81. The molecule has 2 rings (SSSR count). The first-order chi connectivity index (χ1) is 7.04. The fourth-order valence-corrected chi connectivity index (χ4v) is 1.65. The number of alkyl halides is 3. The molecule has 2 nitrogen and oxygen atoms in total. The lowest BCUT2D eigenvalue weighted by molar-refractivity contribution is -0.0352. The summed E-state index contributed by atoms with van der Waals surface area (Å²) in [7, 11) is 0. The fourth-order valence-electron chi connectivity index (χ4n) is 1.15. The lowest BCUT2D eigenvalue weighted by atomic mass is 10.3. The summed E-state index contributed by atoms with van der Waals surface area (Å²) in [5, 5.41) is 1.21. The molecule has 80 valence electrons. The zero-order chi connectivity index (χ0) is 10.9. The monoisotopic (exact) mass is 233 g/mol. The molecule has 0 aliphatic carbocycles. The van der Waals surface area contributed by atoms with Crippen molar-refractivity contribution in [3.63, 3.8) is 0 Å². The van der Waals surface area contributed by atoms with E-state index >= 15 is 0 Å². The summed E-state index contributed by atoms with van der Waals surface area (Å²) in [4.78, 5) is 3.82. The Morgan fingerprint density at radius 1 is 1.27 bits per heavy atom. The quantitative estimate of drug-likeness (QED) is 0.735. The minimum absolute atomic E-state index is 0.279. The van der Waals surface area contributed by atoms with Crippen molar-refractivity contribution in [1.29, 1.82) is 0 Å². The Morgan fingerprint density at radius 2 is 2.00 bits per heavy atom. The van der Waals surface area contributed by atoms with Gasteiger partial charge in [-0.25, -0.2) is 4.99 Å². The van der Waals surface area contributed by atoms with Crippen molar-refractivity contribution in [3.8, 4) is 0 Å². The Hall–Kier alpha value is -1.17. The summed E-state index contributed by atoms with van der Waals surface area (Å²) in [6, 6.07) is 6.87. The van der Waals surface area contributed by atoms with Crippen molar-refractivity contribution in [2.75, 3.05) is 0 Å². The van der Waals surface area contributed by atoms with Gasteiger partial charge < -0.3 is 4.74 Å². The van der Waals surface area contributed by atoms with Crippen molar-refractivity contribution in [3.05, 3.63) is 34.8 Å². The molecule has 0 saturated heterocycles. The van der Waals surface area contributed by atoms with Crippen LogP contribution in [-0.2, 0) is 4.74 Å². The number of thioether (sulfide) groups is 1. The van der Waals surface area contributed by atoms with Gasteiger partial charge in [-0.3, -0.25) is 0 Å². The topological polar surface area (TPSA) is 21.6 Å². The maximum Gasteiger partial charge on any atom is 0.447 e. The smallest absolute Gasteiger partial charge is 0.447 e. The molecule has 0 aromatic heterocycles. The number of para-hydroxylation sites is 1. The molecule has 0 spiro atoms. The van der Waals surface area contributed by atoms with Crippen molar-refractivity contribution in [1.82, 2.24) is 0 Å². The van der Waals surface area contributed by atoms with Crippen LogP contribution in [0.2, 0.25) is 0 Å². The van der Waals surface area contributed by atoms with E-state index in [9.17, 15) is 13.2 Å². The van der Waals surface area contributed by atoms with Gasteiger partial charge in [0.05, 0.1) is 11.6 Å². The third-order valence-corrected chi connectivity index (χ3v) is 2.41. The highest BCUT2D eigenvalue weighted by molar-refractivity contribution is 8.00. The summed E-state index contributed by atoms with van der Waals surface area (Å²) >= 11 is -0.279. The number of ether oxygens (including phenoxy) is 1. The molecule has 6 heteroatoms. The highest BCUT2D eigenvalue weighted by Crippen LogP contribution is 2.35. The van der Waals surface area contributed by atoms with Crippen LogP contribution >= 0.6 is 11.8 Å². The minimum atomic E-state index is -4.34. The van der Waals surface area contributed by atoms with E-state index in [0.29, 0.717) is 10.6 Å². The third kappa shape index (κ3) is 2.65. The van der Waals surface area contributed by atoms with Gasteiger partial charge in [-0.1, -0.05) is 12.1 Å². The molecule has 1 aliphatic rings. The summed E-state index contributed by atoms with van der Waals surface area (Å²) in [6.45, 7) is 0. The average molecular weight is 233 g/mol. The molecule has 0 radical (unpaired) electrons. The summed E-state index contributed by atoms with van der Waals surface area (Å²) in [6.07, 6.45) is 1.30. The summed E-state index contributed by atoms with van der Waals surface area (Å²) < 4.78 is 40.9. The molecule has 15 heavy (non-hydrogen) atoms. The molecule has 1 heterocycles. The third-order valence-electron chi connectivity index (χ3n) is 1.73. The largest absolute Gasteiger partial charge is 0.466 e. The van der Waals surface area contributed by atoms with Crippen molar-refractivity contribution >= 4 is 18.0 Å². The molecular formula is C9H6F3NOS. The standard InChI is InChI=1S/C9H6F3NOS/c10-9(11,12)15-8-13-7-4-2-1-3-6(7)5-14-8/h1-5,8H. The Morgan fingerprint density at radius 3 is 2.73 bits per heavy atom. The first-order valence-electron chi connectivity index (χ1n) is 4.08. The maximum atomic E-state index is 12.0. The second-order valence-corrected chi connectivity index (χ2v) is 3.91.